The van der Waals surface area contributed by atoms with Crippen LogP contribution in [0, 0.1) is 11.6 Å². The number of carbonyl (C=O) groups excluding carboxylic acids is 3. The van der Waals surface area contributed by atoms with Crippen LogP contribution in [0.3, 0.4) is 0 Å². The fraction of sp³-hybridized carbons (Fsp3) is 0.194. The van der Waals surface area contributed by atoms with Crippen molar-refractivity contribution < 1.29 is 33.3 Å². The second-order valence-corrected chi connectivity index (χ2v) is 9.89. The van der Waals surface area contributed by atoms with E-state index in [1.807, 2.05) is 0 Å². The number of aryl methyl sites for hydroxylation is 1. The van der Waals surface area contributed by atoms with Crippen molar-refractivity contribution in [3.63, 3.8) is 0 Å². The van der Waals surface area contributed by atoms with Crippen molar-refractivity contribution in [1.82, 2.24) is 9.55 Å². The van der Waals surface area contributed by atoms with Gasteiger partial charge in [0.15, 0.2) is 18.4 Å². The van der Waals surface area contributed by atoms with Crippen LogP contribution in [0.5, 0.6) is 0 Å². The second-order valence-electron chi connectivity index (χ2n) is 9.48. The zero-order chi connectivity index (χ0) is 29.6. The van der Waals surface area contributed by atoms with Crippen molar-refractivity contribution in [3.05, 3.63) is 135 Å². The Bertz CT molecular complexity index is 1690. The van der Waals surface area contributed by atoms with Crippen LogP contribution in [0.15, 0.2) is 102 Å². The van der Waals surface area contributed by atoms with Crippen LogP contribution < -0.4 is 5.69 Å². The first-order valence-corrected chi connectivity index (χ1v) is 13.4. The fourth-order valence-corrected chi connectivity index (χ4v) is 4.60. The number of hydrogen-bond donors (Lipinski definition) is 1. The molecular weight excluding hydrogens is 560 g/mol. The van der Waals surface area contributed by atoms with Gasteiger partial charge in [0.05, 0.1) is 16.7 Å². The molecule has 0 amide bonds. The van der Waals surface area contributed by atoms with Gasteiger partial charge in [-0.2, -0.15) is 0 Å². The quantitative estimate of drug-likeness (QED) is 0.181. The molecule has 4 atom stereocenters. The molecule has 0 aliphatic carbocycles. The summed E-state index contributed by atoms with van der Waals surface area (Å²) < 4.78 is 24.9. The molecule has 2 heterocycles. The van der Waals surface area contributed by atoms with E-state index in [1.165, 1.54) is 10.8 Å². The Labute approximate surface area is 245 Å². The summed E-state index contributed by atoms with van der Waals surface area (Å²) in [4.78, 5) is 54.8. The molecule has 10 nitrogen and oxygen atoms in total. The molecule has 1 fully saturated rings. The third kappa shape index (κ3) is 6.37. The predicted octanol–water partition coefficient (Wildman–Crippen LogP) is 4.42. The number of H-pyrrole nitrogens is 1. The topological polar surface area (TPSA) is 126 Å². The average molecular weight is 587 g/mol. The van der Waals surface area contributed by atoms with Gasteiger partial charge in [-0.15, -0.1) is 0 Å². The van der Waals surface area contributed by atoms with Crippen LogP contribution in [0.1, 0.15) is 42.9 Å². The third-order valence-electron chi connectivity index (χ3n) is 6.60. The second kappa shape index (κ2) is 12.8. The Balaban J connectivity index is 1.52. The number of benzene rings is 3. The van der Waals surface area contributed by atoms with Crippen molar-refractivity contribution in [2.75, 3.05) is 6.61 Å². The summed E-state index contributed by atoms with van der Waals surface area (Å²) in [7, 11) is 0. The molecule has 214 valence electrons. The molecule has 5 rings (SSSR count). The number of nitrogens with one attached hydrogen (secondary N) is 1. The van der Waals surface area contributed by atoms with Crippen LogP contribution >= 0.6 is 12.2 Å². The Morgan fingerprint density at radius 3 is 1.79 bits per heavy atom. The number of ether oxygens (including phenoxy) is 4. The number of aromatic amines is 1. The maximum Gasteiger partial charge on any atom is 0.338 e. The van der Waals surface area contributed by atoms with Crippen LogP contribution in [-0.2, 0) is 18.9 Å². The van der Waals surface area contributed by atoms with E-state index in [1.54, 1.807) is 97.9 Å². The zero-order valence-corrected chi connectivity index (χ0v) is 23.2. The number of rotatable bonds is 8. The van der Waals surface area contributed by atoms with Crippen molar-refractivity contribution >= 4 is 30.1 Å². The van der Waals surface area contributed by atoms with Crippen LogP contribution in [-0.4, -0.2) is 52.4 Å². The van der Waals surface area contributed by atoms with Gasteiger partial charge in [-0.1, -0.05) is 66.8 Å². The molecule has 1 aliphatic rings. The van der Waals surface area contributed by atoms with Crippen LogP contribution in [0.2, 0.25) is 0 Å². The van der Waals surface area contributed by atoms with Gasteiger partial charge < -0.3 is 18.9 Å². The lowest BCUT2D eigenvalue weighted by Gasteiger charge is -2.25. The Morgan fingerprint density at radius 1 is 0.786 bits per heavy atom. The molecule has 4 aromatic rings. The molecule has 11 heteroatoms. The highest BCUT2D eigenvalue weighted by Crippen LogP contribution is 2.35. The van der Waals surface area contributed by atoms with Gasteiger partial charge in [-0.05, 0) is 43.3 Å². The maximum absolute atomic E-state index is 13.2. The molecule has 0 radical (unpaired) electrons. The van der Waals surface area contributed by atoms with Gasteiger partial charge in [0, 0.05) is 11.8 Å². The van der Waals surface area contributed by atoms with Gasteiger partial charge in [0.25, 0.3) is 0 Å². The number of esters is 3. The molecule has 42 heavy (non-hydrogen) atoms. The molecule has 1 saturated heterocycles. The highest BCUT2D eigenvalue weighted by Gasteiger charge is 2.51. The van der Waals surface area contributed by atoms with E-state index in [-0.39, 0.29) is 22.4 Å². The summed E-state index contributed by atoms with van der Waals surface area (Å²) in [5.41, 5.74) is 0.703. The standard InChI is InChI=1S/C31H26N2O8S/c1-19-17-33(31(37)32-26(19)42)27-25(41-30(36)22-15-9-4-10-16-22)24(40-29(35)21-13-7-3-8-14-21)23(39-27)18-38-28(34)20-11-5-2-6-12-20/h2-17,23-25,27H,18H2,1H3,(H,32,37,42)/t23-,24-,25+,27+/m1/s1. The zero-order valence-electron chi connectivity index (χ0n) is 22.4. The van der Waals surface area contributed by atoms with E-state index >= 15 is 0 Å². The molecule has 1 N–H and O–H groups in total. The van der Waals surface area contributed by atoms with E-state index < -0.39 is 48.1 Å². The average Bonchev–Trinajstić information content (AvgIpc) is 3.34. The summed E-state index contributed by atoms with van der Waals surface area (Å²) in [6.07, 6.45) is -3.49. The normalized spacial score (nSPS) is 19.5. The molecular formula is C31H26N2O8S. The van der Waals surface area contributed by atoms with E-state index in [9.17, 15) is 19.2 Å². The summed E-state index contributed by atoms with van der Waals surface area (Å²) in [6, 6.07) is 24.8. The molecule has 1 aromatic heterocycles. The summed E-state index contributed by atoms with van der Waals surface area (Å²) in [5.74, 6) is -2.09. The molecule has 0 unspecified atom stereocenters. The lowest BCUT2D eigenvalue weighted by atomic mass is 10.1. The van der Waals surface area contributed by atoms with Crippen LogP contribution in [0.25, 0.3) is 0 Å². The smallest absolute Gasteiger partial charge is 0.338 e. The van der Waals surface area contributed by atoms with Gasteiger partial charge in [-0.25, -0.2) is 19.2 Å². The lowest BCUT2D eigenvalue weighted by molar-refractivity contribution is -0.0640. The largest absolute Gasteiger partial charge is 0.459 e. The minimum atomic E-state index is -1.31. The lowest BCUT2D eigenvalue weighted by Crippen LogP contribution is -2.42. The van der Waals surface area contributed by atoms with Crippen molar-refractivity contribution in [3.8, 4) is 0 Å². The third-order valence-corrected chi connectivity index (χ3v) is 7.02. The predicted molar refractivity (Wildman–Crippen MR) is 153 cm³/mol. The number of nitrogens with zero attached hydrogens (tertiary/aromatic N) is 1. The first kappa shape index (κ1) is 28.7. The van der Waals surface area contributed by atoms with Gasteiger partial charge >= 0.3 is 23.6 Å². The minimum Gasteiger partial charge on any atom is -0.459 e. The van der Waals surface area contributed by atoms with Gasteiger partial charge in [-0.3, -0.25) is 9.55 Å². The first-order chi connectivity index (χ1) is 20.3. The summed E-state index contributed by atoms with van der Waals surface area (Å²) >= 11 is 5.19. The highest BCUT2D eigenvalue weighted by atomic mass is 32.1. The minimum absolute atomic E-state index is 0.229. The fourth-order valence-electron chi connectivity index (χ4n) is 4.46. The maximum atomic E-state index is 13.2. The van der Waals surface area contributed by atoms with Crippen molar-refractivity contribution in [1.29, 1.82) is 0 Å². The molecule has 0 spiro atoms. The van der Waals surface area contributed by atoms with Crippen molar-refractivity contribution in [2.24, 2.45) is 0 Å². The number of hydrogen-bond acceptors (Lipinski definition) is 9. The Kier molecular flexibility index (Phi) is 8.70. The first-order valence-electron chi connectivity index (χ1n) is 13.0. The van der Waals surface area contributed by atoms with Gasteiger partial charge in [0.1, 0.15) is 17.4 Å². The van der Waals surface area contributed by atoms with E-state index in [0.29, 0.717) is 11.1 Å². The summed E-state index contributed by atoms with van der Waals surface area (Å²) in [6.45, 7) is 1.33. The van der Waals surface area contributed by atoms with E-state index in [2.05, 4.69) is 4.98 Å². The monoisotopic (exact) mass is 586 g/mol. The van der Waals surface area contributed by atoms with E-state index in [0.717, 1.165) is 0 Å². The Hall–Kier alpha value is -4.87. The molecule has 3 aromatic carbocycles. The Morgan fingerprint density at radius 2 is 1.26 bits per heavy atom. The van der Waals surface area contributed by atoms with Crippen molar-refractivity contribution in [2.45, 2.75) is 31.5 Å². The highest BCUT2D eigenvalue weighted by molar-refractivity contribution is 7.71. The number of aromatic nitrogens is 2. The summed E-state index contributed by atoms with van der Waals surface area (Å²) in [5, 5.41) is 0. The molecule has 0 bridgehead atoms. The molecule has 0 saturated carbocycles. The van der Waals surface area contributed by atoms with Crippen LogP contribution in [0.4, 0.5) is 0 Å². The number of carbonyl (C=O) groups is 3. The SMILES string of the molecule is Cc1cn([C@H]2O[C@H](COC(=O)c3ccccc3)[C@@H](OC(=O)c3ccccc3)[C@@H]2OC(=O)c2ccccc2)c(=O)[nH]c1=S. The van der Waals surface area contributed by atoms with E-state index in [4.69, 9.17) is 31.2 Å². The molecule has 1 aliphatic heterocycles. The van der Waals surface area contributed by atoms with Gasteiger partial charge in [0.2, 0.25) is 0 Å².